The predicted octanol–water partition coefficient (Wildman–Crippen LogP) is 6.10. The lowest BCUT2D eigenvalue weighted by atomic mass is 10.2. The molecule has 0 aliphatic carbocycles. The highest BCUT2D eigenvalue weighted by atomic mass is 35.5. The molecule has 0 saturated carbocycles. The number of carbonyl (C=O) groups excluding carboxylic acids is 1. The molecule has 3 nitrogen and oxygen atoms in total. The molecule has 2 aromatic carbocycles. The summed E-state index contributed by atoms with van der Waals surface area (Å²) in [6.45, 7) is 0.359. The highest BCUT2D eigenvalue weighted by Gasteiger charge is 2.07. The van der Waals surface area contributed by atoms with E-state index in [-0.39, 0.29) is 12.3 Å². The number of halogens is 4. The fraction of sp³-hybridized carbons (Fsp3) is 0.188. The molecular weight excluding hydrogens is 380 g/mol. The zero-order valence-electron chi connectivity index (χ0n) is 11.9. The summed E-state index contributed by atoms with van der Waals surface area (Å²) in [6, 6.07) is 9.87. The maximum absolute atomic E-state index is 11.9. The quantitative estimate of drug-likeness (QED) is 0.603. The maximum Gasteiger partial charge on any atom is 0.224 e. The van der Waals surface area contributed by atoms with Gasteiger partial charge in [0, 0.05) is 16.5 Å². The van der Waals surface area contributed by atoms with Crippen LogP contribution in [0, 0.1) is 0 Å². The van der Waals surface area contributed by atoms with E-state index in [4.69, 9.17) is 51.1 Å². The molecule has 0 aliphatic heterocycles. The lowest BCUT2D eigenvalue weighted by Crippen LogP contribution is -2.13. The van der Waals surface area contributed by atoms with Gasteiger partial charge in [-0.2, -0.15) is 0 Å². The van der Waals surface area contributed by atoms with Crippen molar-refractivity contribution in [3.05, 3.63) is 56.5 Å². The van der Waals surface area contributed by atoms with Crippen molar-refractivity contribution >= 4 is 58.0 Å². The molecule has 0 saturated heterocycles. The van der Waals surface area contributed by atoms with Crippen molar-refractivity contribution in [1.82, 2.24) is 0 Å². The summed E-state index contributed by atoms with van der Waals surface area (Å²) in [7, 11) is 0. The second kappa shape index (κ2) is 8.65. The van der Waals surface area contributed by atoms with E-state index < -0.39 is 0 Å². The molecule has 0 atom stereocenters. The number of carbonyl (C=O) groups is 1. The molecular formula is C16H13Cl4NO2. The second-order valence-corrected chi connectivity index (χ2v) is 6.39. The zero-order chi connectivity index (χ0) is 16.8. The Morgan fingerprint density at radius 2 is 1.65 bits per heavy atom. The van der Waals surface area contributed by atoms with Gasteiger partial charge in [0.25, 0.3) is 0 Å². The topological polar surface area (TPSA) is 38.3 Å². The van der Waals surface area contributed by atoms with Gasteiger partial charge in [0.05, 0.1) is 22.3 Å². The Morgan fingerprint density at radius 1 is 0.957 bits per heavy atom. The first-order valence-corrected chi connectivity index (χ1v) is 8.29. The van der Waals surface area contributed by atoms with Crippen molar-refractivity contribution in [3.63, 3.8) is 0 Å². The van der Waals surface area contributed by atoms with Gasteiger partial charge in [0.2, 0.25) is 5.91 Å². The number of benzene rings is 2. The first-order valence-electron chi connectivity index (χ1n) is 6.78. The molecule has 0 aromatic heterocycles. The third kappa shape index (κ3) is 5.78. The summed E-state index contributed by atoms with van der Waals surface area (Å²) in [4.78, 5) is 11.9. The Morgan fingerprint density at radius 3 is 2.39 bits per heavy atom. The van der Waals surface area contributed by atoms with E-state index in [1.54, 1.807) is 36.4 Å². The summed E-state index contributed by atoms with van der Waals surface area (Å²) < 4.78 is 5.52. The molecule has 1 N–H and O–H groups in total. The van der Waals surface area contributed by atoms with E-state index in [0.29, 0.717) is 44.6 Å². The largest absolute Gasteiger partial charge is 0.492 e. The van der Waals surface area contributed by atoms with E-state index in [0.717, 1.165) is 0 Å². The fourth-order valence-electron chi connectivity index (χ4n) is 1.81. The van der Waals surface area contributed by atoms with E-state index in [1.165, 1.54) is 0 Å². The number of ether oxygens (including phenoxy) is 1. The molecule has 0 unspecified atom stereocenters. The molecule has 1 amide bonds. The van der Waals surface area contributed by atoms with E-state index in [2.05, 4.69) is 5.32 Å². The third-order valence-corrected chi connectivity index (χ3v) is 4.00. The van der Waals surface area contributed by atoms with Crippen LogP contribution in [0.15, 0.2) is 36.4 Å². The number of anilines is 1. The average molecular weight is 393 g/mol. The van der Waals surface area contributed by atoms with Crippen LogP contribution in [0.5, 0.6) is 5.75 Å². The summed E-state index contributed by atoms with van der Waals surface area (Å²) in [5.74, 6) is 0.370. The Bertz CT molecular complexity index is 706. The van der Waals surface area contributed by atoms with E-state index in [1.807, 2.05) is 0 Å². The lowest BCUT2D eigenvalue weighted by Gasteiger charge is -2.09. The molecule has 23 heavy (non-hydrogen) atoms. The molecule has 0 heterocycles. The van der Waals surface area contributed by atoms with Crippen LogP contribution < -0.4 is 10.1 Å². The van der Waals surface area contributed by atoms with Crippen LogP contribution in [-0.4, -0.2) is 12.5 Å². The normalized spacial score (nSPS) is 10.4. The van der Waals surface area contributed by atoms with Crippen molar-refractivity contribution < 1.29 is 9.53 Å². The standard InChI is InChI=1S/C16H13Cl4NO2/c17-10-4-6-15(13(20)8-10)23-7-1-2-16(22)21-14-9-11(18)3-5-12(14)19/h3-6,8-9H,1-2,7H2,(H,21,22). The molecule has 2 rings (SSSR count). The Balaban J connectivity index is 1.77. The van der Waals surface area contributed by atoms with Gasteiger partial charge in [0.15, 0.2) is 0 Å². The molecule has 7 heteroatoms. The van der Waals surface area contributed by atoms with Crippen LogP contribution >= 0.6 is 46.4 Å². The molecule has 0 aliphatic rings. The van der Waals surface area contributed by atoms with Gasteiger partial charge < -0.3 is 10.1 Å². The van der Waals surface area contributed by atoms with Gasteiger partial charge in [-0.15, -0.1) is 0 Å². The minimum absolute atomic E-state index is 0.167. The van der Waals surface area contributed by atoms with Gasteiger partial charge in [-0.1, -0.05) is 46.4 Å². The summed E-state index contributed by atoms with van der Waals surface area (Å²) >= 11 is 23.7. The zero-order valence-corrected chi connectivity index (χ0v) is 14.9. The van der Waals surface area contributed by atoms with E-state index in [9.17, 15) is 4.79 Å². The summed E-state index contributed by atoms with van der Waals surface area (Å²) in [6.07, 6.45) is 0.816. The fourth-order valence-corrected chi connectivity index (χ4v) is 2.61. The monoisotopic (exact) mass is 391 g/mol. The van der Waals surface area contributed by atoms with Crippen LogP contribution in [0.25, 0.3) is 0 Å². The average Bonchev–Trinajstić information content (AvgIpc) is 2.49. The van der Waals surface area contributed by atoms with Crippen LogP contribution in [0.3, 0.4) is 0 Å². The first kappa shape index (κ1) is 18.2. The summed E-state index contributed by atoms with van der Waals surface area (Å²) in [5, 5.41) is 4.64. The molecule has 2 aromatic rings. The highest BCUT2D eigenvalue weighted by Crippen LogP contribution is 2.28. The first-order chi connectivity index (χ1) is 11.0. The smallest absolute Gasteiger partial charge is 0.224 e. The Kier molecular flexibility index (Phi) is 6.85. The van der Waals surface area contributed by atoms with Gasteiger partial charge >= 0.3 is 0 Å². The third-order valence-electron chi connectivity index (χ3n) is 2.90. The van der Waals surface area contributed by atoms with Crippen LogP contribution in [0.1, 0.15) is 12.8 Å². The lowest BCUT2D eigenvalue weighted by molar-refractivity contribution is -0.116. The second-order valence-electron chi connectivity index (χ2n) is 4.70. The number of hydrogen-bond donors (Lipinski definition) is 1. The maximum atomic E-state index is 11.9. The minimum atomic E-state index is -0.167. The van der Waals surface area contributed by atoms with Crippen molar-refractivity contribution in [2.75, 3.05) is 11.9 Å². The SMILES string of the molecule is O=C(CCCOc1ccc(Cl)cc1Cl)Nc1cc(Cl)ccc1Cl. The number of nitrogens with one attached hydrogen (secondary N) is 1. The van der Waals surface area contributed by atoms with Gasteiger partial charge in [-0.3, -0.25) is 4.79 Å². The van der Waals surface area contributed by atoms with Crippen LogP contribution in [0.2, 0.25) is 20.1 Å². The van der Waals surface area contributed by atoms with Crippen molar-refractivity contribution in [2.24, 2.45) is 0 Å². The molecule has 0 spiro atoms. The number of amides is 1. The molecule has 0 fully saturated rings. The van der Waals surface area contributed by atoms with Gasteiger partial charge in [-0.25, -0.2) is 0 Å². The number of rotatable bonds is 6. The van der Waals surface area contributed by atoms with Crippen molar-refractivity contribution in [2.45, 2.75) is 12.8 Å². The van der Waals surface area contributed by atoms with Crippen LogP contribution in [-0.2, 0) is 4.79 Å². The Hall–Kier alpha value is -1.13. The molecule has 122 valence electrons. The van der Waals surface area contributed by atoms with Crippen molar-refractivity contribution in [3.8, 4) is 5.75 Å². The van der Waals surface area contributed by atoms with E-state index >= 15 is 0 Å². The van der Waals surface area contributed by atoms with Gasteiger partial charge in [-0.05, 0) is 42.8 Å². The highest BCUT2D eigenvalue weighted by molar-refractivity contribution is 6.36. The predicted molar refractivity (Wildman–Crippen MR) is 96.3 cm³/mol. The minimum Gasteiger partial charge on any atom is -0.492 e. The van der Waals surface area contributed by atoms with Gasteiger partial charge in [0.1, 0.15) is 5.75 Å². The number of hydrogen-bond acceptors (Lipinski definition) is 2. The summed E-state index contributed by atoms with van der Waals surface area (Å²) in [5.41, 5.74) is 0.492. The molecule has 0 radical (unpaired) electrons. The van der Waals surface area contributed by atoms with Crippen LogP contribution in [0.4, 0.5) is 5.69 Å². The van der Waals surface area contributed by atoms with Crippen molar-refractivity contribution in [1.29, 1.82) is 0 Å². The Labute approximate surface area is 154 Å². The molecule has 0 bridgehead atoms.